The first-order valence-electron chi connectivity index (χ1n) is 8.27. The van der Waals surface area contributed by atoms with Gasteiger partial charge in [0.1, 0.15) is 0 Å². The first-order chi connectivity index (χ1) is 11.6. The highest BCUT2D eigenvalue weighted by Gasteiger charge is 2.19. The molecule has 3 amide bonds. The minimum absolute atomic E-state index is 0.145. The van der Waals surface area contributed by atoms with Gasteiger partial charge in [-0.3, -0.25) is 15.0 Å². The lowest BCUT2D eigenvalue weighted by molar-refractivity contribution is -0.121. The number of carbonyl (C=O) groups is 2. The van der Waals surface area contributed by atoms with Crippen molar-refractivity contribution in [2.75, 3.05) is 20.4 Å². The Balaban J connectivity index is 1.43. The van der Waals surface area contributed by atoms with Crippen LogP contribution in [-0.2, 0) is 11.3 Å². The number of likely N-dealkylation sites (N-methyl/N-ethyl adjacent to an activating group) is 1. The molecule has 0 spiro atoms. The summed E-state index contributed by atoms with van der Waals surface area (Å²) >= 11 is 0. The van der Waals surface area contributed by atoms with Crippen molar-refractivity contribution in [3.63, 3.8) is 0 Å². The second-order valence-corrected chi connectivity index (χ2v) is 6.36. The van der Waals surface area contributed by atoms with Crippen molar-refractivity contribution in [3.8, 4) is 11.5 Å². The molecule has 0 saturated heterocycles. The summed E-state index contributed by atoms with van der Waals surface area (Å²) in [7, 11) is 1.83. The fourth-order valence-electron chi connectivity index (χ4n) is 3.11. The van der Waals surface area contributed by atoms with E-state index in [1.807, 2.05) is 30.1 Å². The van der Waals surface area contributed by atoms with Crippen molar-refractivity contribution in [1.82, 2.24) is 15.5 Å². The van der Waals surface area contributed by atoms with E-state index in [0.29, 0.717) is 6.54 Å². The topological polar surface area (TPSA) is 79.9 Å². The number of imide groups is 1. The van der Waals surface area contributed by atoms with Crippen LogP contribution in [0.25, 0.3) is 0 Å². The van der Waals surface area contributed by atoms with E-state index in [1.165, 1.54) is 0 Å². The van der Waals surface area contributed by atoms with Crippen LogP contribution in [0.15, 0.2) is 18.2 Å². The fourth-order valence-corrected chi connectivity index (χ4v) is 3.11. The van der Waals surface area contributed by atoms with E-state index in [0.717, 1.165) is 42.7 Å². The quantitative estimate of drug-likeness (QED) is 0.856. The van der Waals surface area contributed by atoms with E-state index < -0.39 is 6.03 Å². The molecule has 1 aromatic carbocycles. The van der Waals surface area contributed by atoms with Crippen molar-refractivity contribution in [2.24, 2.45) is 0 Å². The second kappa shape index (κ2) is 7.53. The number of urea groups is 1. The van der Waals surface area contributed by atoms with E-state index in [9.17, 15) is 9.59 Å². The zero-order valence-corrected chi connectivity index (χ0v) is 13.8. The first-order valence-corrected chi connectivity index (χ1v) is 8.27. The SMILES string of the molecule is CN(CC(=O)NC(=O)NC1CCCC1)Cc1ccc2c(c1)OCO2. The summed E-state index contributed by atoms with van der Waals surface area (Å²) in [6, 6.07) is 5.51. The monoisotopic (exact) mass is 333 g/mol. The Kier molecular flexibility index (Phi) is 5.20. The van der Waals surface area contributed by atoms with Crippen molar-refractivity contribution < 1.29 is 19.1 Å². The number of hydrogen-bond acceptors (Lipinski definition) is 5. The summed E-state index contributed by atoms with van der Waals surface area (Å²) < 4.78 is 10.6. The molecule has 1 aliphatic heterocycles. The van der Waals surface area contributed by atoms with E-state index in [2.05, 4.69) is 10.6 Å². The van der Waals surface area contributed by atoms with Gasteiger partial charge >= 0.3 is 6.03 Å². The zero-order chi connectivity index (χ0) is 16.9. The van der Waals surface area contributed by atoms with Crippen molar-refractivity contribution in [1.29, 1.82) is 0 Å². The summed E-state index contributed by atoms with van der Waals surface area (Å²) in [6.45, 7) is 0.966. The summed E-state index contributed by atoms with van der Waals surface area (Å²) in [5.74, 6) is 1.15. The van der Waals surface area contributed by atoms with E-state index in [-0.39, 0.29) is 25.3 Å². The lowest BCUT2D eigenvalue weighted by Gasteiger charge is -2.17. The van der Waals surface area contributed by atoms with Crippen LogP contribution in [0.5, 0.6) is 11.5 Å². The summed E-state index contributed by atoms with van der Waals surface area (Å²) in [5, 5.41) is 5.23. The Bertz CT molecular complexity index is 614. The normalized spacial score (nSPS) is 16.4. The second-order valence-electron chi connectivity index (χ2n) is 6.36. The minimum Gasteiger partial charge on any atom is -0.454 e. The Morgan fingerprint density at radius 2 is 1.96 bits per heavy atom. The molecular formula is C17H23N3O4. The highest BCUT2D eigenvalue weighted by atomic mass is 16.7. The van der Waals surface area contributed by atoms with E-state index in [4.69, 9.17) is 9.47 Å². The van der Waals surface area contributed by atoms with Gasteiger partial charge in [-0.25, -0.2) is 4.79 Å². The van der Waals surface area contributed by atoms with Crippen LogP contribution < -0.4 is 20.1 Å². The number of nitrogens with one attached hydrogen (secondary N) is 2. The van der Waals surface area contributed by atoms with E-state index >= 15 is 0 Å². The van der Waals surface area contributed by atoms with Gasteiger partial charge in [-0.1, -0.05) is 18.9 Å². The number of benzene rings is 1. The molecule has 0 atom stereocenters. The van der Waals surface area contributed by atoms with Crippen molar-refractivity contribution >= 4 is 11.9 Å². The first kappa shape index (κ1) is 16.6. The number of ether oxygens (including phenoxy) is 2. The molecule has 0 radical (unpaired) electrons. The molecule has 3 rings (SSSR count). The van der Waals surface area contributed by atoms with Gasteiger partial charge in [0.05, 0.1) is 6.54 Å². The summed E-state index contributed by atoms with van der Waals surface area (Å²) in [6.07, 6.45) is 4.26. The van der Waals surface area contributed by atoms with Gasteiger partial charge in [0.25, 0.3) is 0 Å². The molecule has 130 valence electrons. The van der Waals surface area contributed by atoms with Gasteiger partial charge in [0.2, 0.25) is 12.7 Å². The number of amides is 3. The largest absolute Gasteiger partial charge is 0.454 e. The summed E-state index contributed by atoms with van der Waals surface area (Å²) in [5.41, 5.74) is 1.02. The Morgan fingerprint density at radius 1 is 1.21 bits per heavy atom. The third kappa shape index (κ3) is 4.38. The molecule has 0 bridgehead atoms. The number of hydrogen-bond donors (Lipinski definition) is 2. The number of fused-ring (bicyclic) bond motifs is 1. The Morgan fingerprint density at radius 3 is 2.75 bits per heavy atom. The predicted octanol–water partition coefficient (Wildman–Crippen LogP) is 1.62. The lowest BCUT2D eigenvalue weighted by Crippen LogP contribution is -2.46. The lowest BCUT2D eigenvalue weighted by atomic mass is 10.2. The molecule has 24 heavy (non-hydrogen) atoms. The number of rotatable bonds is 5. The summed E-state index contributed by atoms with van der Waals surface area (Å²) in [4.78, 5) is 25.6. The fraction of sp³-hybridized carbons (Fsp3) is 0.529. The molecule has 0 aromatic heterocycles. The molecule has 1 fully saturated rings. The third-order valence-electron chi connectivity index (χ3n) is 4.25. The van der Waals surface area contributed by atoms with Gasteiger partial charge in [-0.2, -0.15) is 0 Å². The van der Waals surface area contributed by atoms with Crippen LogP contribution in [0.2, 0.25) is 0 Å². The Labute approximate surface area is 141 Å². The average Bonchev–Trinajstić information content (AvgIpc) is 3.17. The molecule has 1 aromatic rings. The van der Waals surface area contributed by atoms with Gasteiger partial charge in [-0.15, -0.1) is 0 Å². The van der Waals surface area contributed by atoms with Crippen LogP contribution in [0.1, 0.15) is 31.2 Å². The van der Waals surface area contributed by atoms with Crippen LogP contribution in [0, 0.1) is 0 Å². The molecule has 1 saturated carbocycles. The van der Waals surface area contributed by atoms with Gasteiger partial charge in [-0.05, 0) is 37.6 Å². The molecule has 1 aliphatic carbocycles. The predicted molar refractivity (Wildman–Crippen MR) is 87.8 cm³/mol. The highest BCUT2D eigenvalue weighted by molar-refractivity contribution is 5.95. The minimum atomic E-state index is -0.400. The maximum Gasteiger partial charge on any atom is 0.321 e. The number of nitrogens with zero attached hydrogens (tertiary/aromatic N) is 1. The molecule has 7 nitrogen and oxygen atoms in total. The molecule has 2 aliphatic rings. The zero-order valence-electron chi connectivity index (χ0n) is 13.8. The molecule has 2 N–H and O–H groups in total. The van der Waals surface area contributed by atoms with Gasteiger partial charge in [0, 0.05) is 12.6 Å². The van der Waals surface area contributed by atoms with Gasteiger partial charge < -0.3 is 14.8 Å². The maximum atomic E-state index is 12.0. The van der Waals surface area contributed by atoms with E-state index in [1.54, 1.807) is 0 Å². The standard InChI is InChI=1S/C17H23N3O4/c1-20(9-12-6-7-14-15(8-12)24-11-23-14)10-16(21)19-17(22)18-13-4-2-3-5-13/h6-8,13H,2-5,9-11H2,1H3,(H2,18,19,21,22). The van der Waals surface area contributed by atoms with Crippen molar-refractivity contribution in [3.05, 3.63) is 23.8 Å². The van der Waals surface area contributed by atoms with Crippen LogP contribution in [-0.4, -0.2) is 43.3 Å². The molecule has 0 unspecified atom stereocenters. The highest BCUT2D eigenvalue weighted by Crippen LogP contribution is 2.32. The molecule has 1 heterocycles. The Hall–Kier alpha value is -2.28. The molecular weight excluding hydrogens is 310 g/mol. The van der Waals surface area contributed by atoms with Gasteiger partial charge in [0.15, 0.2) is 11.5 Å². The number of carbonyl (C=O) groups excluding carboxylic acids is 2. The smallest absolute Gasteiger partial charge is 0.321 e. The third-order valence-corrected chi connectivity index (χ3v) is 4.25. The molecule has 7 heteroatoms. The maximum absolute atomic E-state index is 12.0. The average molecular weight is 333 g/mol. The van der Waals surface area contributed by atoms with Crippen LogP contribution in [0.3, 0.4) is 0 Å². The van der Waals surface area contributed by atoms with Crippen LogP contribution in [0.4, 0.5) is 4.79 Å². The van der Waals surface area contributed by atoms with Crippen molar-refractivity contribution in [2.45, 2.75) is 38.3 Å². The van der Waals surface area contributed by atoms with Crippen LogP contribution >= 0.6 is 0 Å².